The number of hydrogen-bond donors (Lipinski definition) is 1. The fourth-order valence-electron chi connectivity index (χ4n) is 2.21. The third-order valence-electron chi connectivity index (χ3n) is 3.16. The van der Waals surface area contributed by atoms with Crippen LogP contribution in [0.3, 0.4) is 0 Å². The van der Waals surface area contributed by atoms with Gasteiger partial charge in [-0.3, -0.25) is 0 Å². The highest BCUT2D eigenvalue weighted by molar-refractivity contribution is 6.35. The Bertz CT molecular complexity index is 747. The van der Waals surface area contributed by atoms with Crippen LogP contribution in [-0.2, 0) is 6.54 Å². The Morgan fingerprint density at radius 2 is 1.79 bits per heavy atom. The van der Waals surface area contributed by atoms with Crippen LogP contribution in [-0.4, -0.2) is 4.57 Å². The molecule has 4 heteroatoms. The molecule has 0 fully saturated rings. The third kappa shape index (κ3) is 2.29. The summed E-state index contributed by atoms with van der Waals surface area (Å²) >= 11 is 12.4. The van der Waals surface area contributed by atoms with Crippen molar-refractivity contribution in [2.24, 2.45) is 0 Å². The Hall–Kier alpha value is -1.64. The van der Waals surface area contributed by atoms with Crippen LogP contribution in [0.5, 0.6) is 0 Å². The number of fused-ring (bicyclic) bond motifs is 1. The van der Waals surface area contributed by atoms with Crippen LogP contribution in [0.15, 0.2) is 48.7 Å². The molecular formula is C15H12Cl2N2. The zero-order valence-electron chi connectivity index (χ0n) is 10.1. The molecule has 2 N–H and O–H groups in total. The number of aromatic nitrogens is 1. The molecule has 0 saturated heterocycles. The SMILES string of the molecule is Nc1ccc(Cn2cc(Cl)c3ccccc32)c(Cl)c1. The van der Waals surface area contributed by atoms with E-state index >= 15 is 0 Å². The van der Waals surface area contributed by atoms with E-state index in [-0.39, 0.29) is 0 Å². The Morgan fingerprint density at radius 3 is 2.58 bits per heavy atom. The average molecular weight is 291 g/mol. The highest BCUT2D eigenvalue weighted by Gasteiger charge is 2.08. The summed E-state index contributed by atoms with van der Waals surface area (Å²) in [6.45, 7) is 0.673. The molecule has 0 saturated carbocycles. The number of nitrogens with two attached hydrogens (primary N) is 1. The molecule has 1 heterocycles. The molecule has 0 spiro atoms. The largest absolute Gasteiger partial charge is 0.399 e. The van der Waals surface area contributed by atoms with E-state index in [1.54, 1.807) is 6.07 Å². The summed E-state index contributed by atoms with van der Waals surface area (Å²) in [5, 5.41) is 2.48. The minimum absolute atomic E-state index is 0.671. The van der Waals surface area contributed by atoms with Gasteiger partial charge in [-0.05, 0) is 23.8 Å². The Kier molecular flexibility index (Phi) is 3.13. The highest BCUT2D eigenvalue weighted by Crippen LogP contribution is 2.28. The number of benzene rings is 2. The van der Waals surface area contributed by atoms with Gasteiger partial charge in [-0.2, -0.15) is 0 Å². The number of hydrogen-bond acceptors (Lipinski definition) is 1. The number of nitrogens with zero attached hydrogens (tertiary/aromatic N) is 1. The van der Waals surface area contributed by atoms with Gasteiger partial charge in [0.25, 0.3) is 0 Å². The van der Waals surface area contributed by atoms with E-state index in [9.17, 15) is 0 Å². The van der Waals surface area contributed by atoms with Gasteiger partial charge in [0, 0.05) is 34.4 Å². The molecule has 0 aliphatic carbocycles. The molecule has 1 aromatic heterocycles. The fourth-order valence-corrected chi connectivity index (χ4v) is 2.73. The number of halogens is 2. The van der Waals surface area contributed by atoms with Gasteiger partial charge in [-0.25, -0.2) is 0 Å². The number of anilines is 1. The zero-order chi connectivity index (χ0) is 13.4. The summed E-state index contributed by atoms with van der Waals surface area (Å²) in [6, 6.07) is 13.6. The number of nitrogen functional groups attached to an aromatic ring is 1. The van der Waals surface area contributed by atoms with Crippen molar-refractivity contribution < 1.29 is 0 Å². The van der Waals surface area contributed by atoms with Crippen molar-refractivity contribution in [2.75, 3.05) is 5.73 Å². The molecule has 2 nitrogen and oxygen atoms in total. The first-order valence-electron chi connectivity index (χ1n) is 5.92. The maximum Gasteiger partial charge on any atom is 0.0661 e. The Balaban J connectivity index is 2.06. The maximum atomic E-state index is 6.24. The fraction of sp³-hybridized carbons (Fsp3) is 0.0667. The molecule has 3 rings (SSSR count). The monoisotopic (exact) mass is 290 g/mol. The van der Waals surface area contributed by atoms with Gasteiger partial charge in [-0.15, -0.1) is 0 Å². The van der Waals surface area contributed by atoms with Crippen LogP contribution < -0.4 is 5.73 Å². The van der Waals surface area contributed by atoms with Crippen molar-refractivity contribution in [3.63, 3.8) is 0 Å². The van der Waals surface area contributed by atoms with Crippen molar-refractivity contribution in [1.29, 1.82) is 0 Å². The van der Waals surface area contributed by atoms with Crippen molar-refractivity contribution >= 4 is 39.8 Å². The number of para-hydroxylation sites is 1. The lowest BCUT2D eigenvalue weighted by Gasteiger charge is -2.08. The lowest BCUT2D eigenvalue weighted by molar-refractivity contribution is 0.837. The molecule has 0 bridgehead atoms. The van der Waals surface area contributed by atoms with Crippen molar-refractivity contribution in [1.82, 2.24) is 4.57 Å². The summed E-state index contributed by atoms with van der Waals surface area (Å²) < 4.78 is 2.09. The maximum absolute atomic E-state index is 6.24. The molecule has 0 radical (unpaired) electrons. The Labute approximate surface area is 121 Å². The first-order chi connectivity index (χ1) is 9.15. The van der Waals surface area contributed by atoms with Gasteiger partial charge in [0.05, 0.1) is 5.02 Å². The van der Waals surface area contributed by atoms with Gasteiger partial charge in [-0.1, -0.05) is 47.5 Å². The second-order valence-electron chi connectivity index (χ2n) is 4.47. The van der Waals surface area contributed by atoms with E-state index in [0.29, 0.717) is 17.3 Å². The van der Waals surface area contributed by atoms with Crippen LogP contribution in [0.25, 0.3) is 10.9 Å². The van der Waals surface area contributed by atoms with E-state index in [1.807, 2.05) is 42.6 Å². The predicted molar refractivity (Wildman–Crippen MR) is 81.9 cm³/mol. The molecule has 0 unspecified atom stereocenters. The predicted octanol–water partition coefficient (Wildman–Crippen LogP) is 4.58. The smallest absolute Gasteiger partial charge is 0.0661 e. The summed E-state index contributed by atoms with van der Waals surface area (Å²) in [7, 11) is 0. The molecule has 96 valence electrons. The van der Waals surface area contributed by atoms with Gasteiger partial charge in [0.1, 0.15) is 0 Å². The van der Waals surface area contributed by atoms with Gasteiger partial charge in [0.15, 0.2) is 0 Å². The van der Waals surface area contributed by atoms with Crippen LogP contribution in [0.4, 0.5) is 5.69 Å². The van der Waals surface area contributed by atoms with E-state index in [1.165, 1.54) is 0 Å². The van der Waals surface area contributed by atoms with Gasteiger partial charge < -0.3 is 10.3 Å². The van der Waals surface area contributed by atoms with Crippen LogP contribution in [0, 0.1) is 0 Å². The summed E-state index contributed by atoms with van der Waals surface area (Å²) in [4.78, 5) is 0. The van der Waals surface area contributed by atoms with E-state index in [2.05, 4.69) is 4.57 Å². The molecular weight excluding hydrogens is 279 g/mol. The second kappa shape index (κ2) is 4.80. The zero-order valence-corrected chi connectivity index (χ0v) is 11.6. The molecule has 0 atom stereocenters. The first kappa shape index (κ1) is 12.4. The van der Waals surface area contributed by atoms with Crippen molar-refractivity contribution in [2.45, 2.75) is 6.54 Å². The lowest BCUT2D eigenvalue weighted by atomic mass is 10.2. The van der Waals surface area contributed by atoms with Crippen LogP contribution in [0.2, 0.25) is 10.0 Å². The quantitative estimate of drug-likeness (QED) is 0.688. The van der Waals surface area contributed by atoms with E-state index in [4.69, 9.17) is 28.9 Å². The number of rotatable bonds is 2. The van der Waals surface area contributed by atoms with Gasteiger partial charge >= 0.3 is 0 Å². The minimum atomic E-state index is 0.671. The molecule has 0 aliphatic heterocycles. The molecule has 0 aliphatic rings. The van der Waals surface area contributed by atoms with Crippen LogP contribution in [0.1, 0.15) is 5.56 Å². The molecule has 3 aromatic rings. The lowest BCUT2D eigenvalue weighted by Crippen LogP contribution is -1.99. The van der Waals surface area contributed by atoms with Crippen LogP contribution >= 0.6 is 23.2 Å². The first-order valence-corrected chi connectivity index (χ1v) is 6.68. The summed E-state index contributed by atoms with van der Waals surface area (Å²) in [6.07, 6.45) is 1.93. The Morgan fingerprint density at radius 1 is 1.00 bits per heavy atom. The van der Waals surface area contributed by atoms with E-state index < -0.39 is 0 Å². The minimum Gasteiger partial charge on any atom is -0.399 e. The highest BCUT2D eigenvalue weighted by atomic mass is 35.5. The summed E-state index contributed by atoms with van der Waals surface area (Å²) in [5.41, 5.74) is 8.49. The van der Waals surface area contributed by atoms with E-state index in [0.717, 1.165) is 21.5 Å². The third-order valence-corrected chi connectivity index (χ3v) is 3.81. The standard InChI is InChI=1S/C15H12Cl2N2/c16-13-7-11(18)6-5-10(13)8-19-9-14(17)12-3-1-2-4-15(12)19/h1-7,9H,8,18H2. The molecule has 2 aromatic carbocycles. The van der Waals surface area contributed by atoms with Crippen molar-refractivity contribution in [3.8, 4) is 0 Å². The summed E-state index contributed by atoms with van der Waals surface area (Å²) in [5.74, 6) is 0. The molecule has 19 heavy (non-hydrogen) atoms. The topological polar surface area (TPSA) is 30.9 Å². The second-order valence-corrected chi connectivity index (χ2v) is 5.29. The average Bonchev–Trinajstić information content (AvgIpc) is 2.71. The van der Waals surface area contributed by atoms with Crippen molar-refractivity contribution in [3.05, 3.63) is 64.3 Å². The molecule has 0 amide bonds. The normalized spacial score (nSPS) is 11.1. The van der Waals surface area contributed by atoms with Gasteiger partial charge in [0.2, 0.25) is 0 Å².